The van der Waals surface area contributed by atoms with E-state index in [9.17, 15) is 0 Å². The highest BCUT2D eigenvalue weighted by atomic mass is 127. The first-order valence-electron chi connectivity index (χ1n) is 5.86. The minimum Gasteiger partial charge on any atom is -0.382 e. The van der Waals surface area contributed by atoms with Crippen LogP contribution in [0.1, 0.15) is 24.8 Å². The van der Waals surface area contributed by atoms with Crippen LogP contribution in [0, 0.1) is 10.5 Å². The van der Waals surface area contributed by atoms with Gasteiger partial charge >= 0.3 is 0 Å². The lowest BCUT2D eigenvalue weighted by molar-refractivity contribution is 0.144. The Balaban J connectivity index is 2.01. The number of hydrogen-bond donors (Lipinski definition) is 1. The molecule has 1 aliphatic heterocycles. The molecule has 0 radical (unpaired) electrons. The van der Waals surface area contributed by atoms with Crippen LogP contribution in [0.15, 0.2) is 18.2 Å². The van der Waals surface area contributed by atoms with Crippen LogP contribution >= 0.6 is 22.6 Å². The van der Waals surface area contributed by atoms with Crippen molar-refractivity contribution in [1.29, 1.82) is 0 Å². The summed E-state index contributed by atoms with van der Waals surface area (Å²) in [6.07, 6.45) is 3.50. The van der Waals surface area contributed by atoms with Gasteiger partial charge in [-0.15, -0.1) is 0 Å². The summed E-state index contributed by atoms with van der Waals surface area (Å²) in [4.78, 5) is 0. The lowest BCUT2D eigenvalue weighted by Gasteiger charge is -2.18. The first-order chi connectivity index (χ1) is 7.75. The molecule has 1 atom stereocenters. The third-order valence-corrected chi connectivity index (χ3v) is 3.67. The number of halogens is 1. The van der Waals surface area contributed by atoms with Gasteiger partial charge in [0.15, 0.2) is 0 Å². The van der Waals surface area contributed by atoms with Crippen molar-refractivity contribution < 1.29 is 4.74 Å². The van der Waals surface area contributed by atoms with Gasteiger partial charge in [-0.1, -0.05) is 0 Å². The summed E-state index contributed by atoms with van der Waals surface area (Å²) in [5.74, 6) is 0. The van der Waals surface area contributed by atoms with E-state index in [1.807, 2.05) is 0 Å². The van der Waals surface area contributed by atoms with E-state index in [0.29, 0.717) is 6.04 Å². The van der Waals surface area contributed by atoms with Crippen LogP contribution in [-0.4, -0.2) is 19.3 Å². The molecule has 3 heteroatoms. The van der Waals surface area contributed by atoms with Crippen LogP contribution in [-0.2, 0) is 4.74 Å². The van der Waals surface area contributed by atoms with Gasteiger partial charge < -0.3 is 10.1 Å². The van der Waals surface area contributed by atoms with Crippen molar-refractivity contribution in [3.05, 3.63) is 27.3 Å². The Bertz CT molecular complexity index is 346. The predicted molar refractivity (Wildman–Crippen MR) is 76.0 cm³/mol. The van der Waals surface area contributed by atoms with E-state index in [1.165, 1.54) is 27.7 Å². The molecule has 1 saturated heterocycles. The van der Waals surface area contributed by atoms with Gasteiger partial charge in [-0.05, 0) is 72.5 Å². The van der Waals surface area contributed by atoms with Gasteiger partial charge in [0.1, 0.15) is 0 Å². The van der Waals surface area contributed by atoms with Gasteiger partial charge in [0.2, 0.25) is 0 Å². The second-order valence-corrected chi connectivity index (χ2v) is 5.59. The van der Waals surface area contributed by atoms with Gasteiger partial charge in [0, 0.05) is 28.5 Å². The average molecular weight is 331 g/mol. The zero-order valence-electron chi connectivity index (χ0n) is 9.63. The molecule has 1 aliphatic rings. The molecular weight excluding hydrogens is 313 g/mol. The standard InChI is InChI=1S/C13H18INO/c1-10-9-11(14)4-5-13(10)15-12-3-2-7-16-8-6-12/h4-5,9,12,15H,2-3,6-8H2,1H3. The molecule has 0 bridgehead atoms. The van der Waals surface area contributed by atoms with Crippen molar-refractivity contribution in [3.63, 3.8) is 0 Å². The molecule has 1 heterocycles. The van der Waals surface area contributed by atoms with E-state index in [2.05, 4.69) is 53.0 Å². The molecule has 1 aromatic carbocycles. The molecule has 1 fully saturated rings. The quantitative estimate of drug-likeness (QED) is 0.837. The first kappa shape index (κ1) is 12.2. The van der Waals surface area contributed by atoms with E-state index in [0.717, 1.165) is 19.6 Å². The van der Waals surface area contributed by atoms with Crippen molar-refractivity contribution in [2.75, 3.05) is 18.5 Å². The SMILES string of the molecule is Cc1cc(I)ccc1NC1CCCOCC1. The van der Waals surface area contributed by atoms with E-state index in [-0.39, 0.29) is 0 Å². The fourth-order valence-corrected chi connectivity index (χ4v) is 2.70. The lowest BCUT2D eigenvalue weighted by Crippen LogP contribution is -2.20. The summed E-state index contributed by atoms with van der Waals surface area (Å²) in [5.41, 5.74) is 2.60. The van der Waals surface area contributed by atoms with Gasteiger partial charge in [0.05, 0.1) is 0 Å². The first-order valence-corrected chi connectivity index (χ1v) is 6.94. The van der Waals surface area contributed by atoms with Crippen LogP contribution in [0.25, 0.3) is 0 Å². The molecule has 1 N–H and O–H groups in total. The number of nitrogens with one attached hydrogen (secondary N) is 1. The Morgan fingerprint density at radius 3 is 3.00 bits per heavy atom. The molecular formula is C13H18INO. The number of aryl methyl sites for hydroxylation is 1. The van der Waals surface area contributed by atoms with Gasteiger partial charge in [-0.25, -0.2) is 0 Å². The maximum Gasteiger partial charge on any atom is 0.0485 e. The number of ether oxygens (including phenoxy) is 1. The molecule has 88 valence electrons. The topological polar surface area (TPSA) is 21.3 Å². The number of anilines is 1. The number of benzene rings is 1. The van der Waals surface area contributed by atoms with Crippen LogP contribution in [0.2, 0.25) is 0 Å². The summed E-state index contributed by atoms with van der Waals surface area (Å²) < 4.78 is 6.77. The Morgan fingerprint density at radius 2 is 2.19 bits per heavy atom. The third-order valence-electron chi connectivity index (χ3n) is 3.00. The molecule has 1 unspecified atom stereocenters. The highest BCUT2D eigenvalue weighted by Gasteiger charge is 2.12. The van der Waals surface area contributed by atoms with Crippen molar-refractivity contribution >= 4 is 28.3 Å². The smallest absolute Gasteiger partial charge is 0.0485 e. The normalized spacial score (nSPS) is 21.5. The molecule has 0 aliphatic carbocycles. The largest absolute Gasteiger partial charge is 0.382 e. The number of hydrogen-bond acceptors (Lipinski definition) is 2. The Kier molecular flexibility index (Phi) is 4.46. The van der Waals surface area contributed by atoms with Crippen molar-refractivity contribution in [1.82, 2.24) is 0 Å². The highest BCUT2D eigenvalue weighted by Crippen LogP contribution is 2.21. The molecule has 0 amide bonds. The maximum absolute atomic E-state index is 5.47. The second-order valence-electron chi connectivity index (χ2n) is 4.34. The van der Waals surface area contributed by atoms with Crippen LogP contribution in [0.3, 0.4) is 0 Å². The molecule has 16 heavy (non-hydrogen) atoms. The molecule has 0 spiro atoms. The number of rotatable bonds is 2. The summed E-state index contributed by atoms with van der Waals surface area (Å²) >= 11 is 2.35. The zero-order chi connectivity index (χ0) is 11.4. The zero-order valence-corrected chi connectivity index (χ0v) is 11.8. The fourth-order valence-electron chi connectivity index (χ4n) is 2.06. The molecule has 1 aromatic rings. The molecule has 2 rings (SSSR count). The van der Waals surface area contributed by atoms with E-state index in [1.54, 1.807) is 0 Å². The van der Waals surface area contributed by atoms with Crippen LogP contribution in [0.5, 0.6) is 0 Å². The van der Waals surface area contributed by atoms with E-state index >= 15 is 0 Å². The lowest BCUT2D eigenvalue weighted by atomic mass is 10.1. The van der Waals surface area contributed by atoms with Crippen molar-refractivity contribution in [2.45, 2.75) is 32.2 Å². The predicted octanol–water partition coefficient (Wildman–Crippen LogP) is 3.58. The van der Waals surface area contributed by atoms with Crippen LogP contribution < -0.4 is 5.32 Å². The summed E-state index contributed by atoms with van der Waals surface area (Å²) in [5, 5.41) is 3.63. The minimum absolute atomic E-state index is 0.571. The van der Waals surface area contributed by atoms with Gasteiger partial charge in [-0.2, -0.15) is 0 Å². The molecule has 0 saturated carbocycles. The highest BCUT2D eigenvalue weighted by molar-refractivity contribution is 14.1. The summed E-state index contributed by atoms with van der Waals surface area (Å²) in [6, 6.07) is 7.13. The van der Waals surface area contributed by atoms with Crippen LogP contribution in [0.4, 0.5) is 5.69 Å². The Labute approximate surface area is 111 Å². The summed E-state index contributed by atoms with van der Waals surface area (Å²) in [7, 11) is 0. The monoisotopic (exact) mass is 331 g/mol. The van der Waals surface area contributed by atoms with Gasteiger partial charge in [0.25, 0.3) is 0 Å². The van der Waals surface area contributed by atoms with Crippen molar-refractivity contribution in [2.24, 2.45) is 0 Å². The Hall–Kier alpha value is -0.290. The van der Waals surface area contributed by atoms with E-state index in [4.69, 9.17) is 4.74 Å². The van der Waals surface area contributed by atoms with E-state index < -0.39 is 0 Å². The Morgan fingerprint density at radius 1 is 1.31 bits per heavy atom. The second kappa shape index (κ2) is 5.87. The van der Waals surface area contributed by atoms with Crippen molar-refractivity contribution in [3.8, 4) is 0 Å². The summed E-state index contributed by atoms with van der Waals surface area (Å²) in [6.45, 7) is 3.97. The third kappa shape index (κ3) is 3.35. The average Bonchev–Trinajstić information content (AvgIpc) is 2.51. The molecule has 0 aromatic heterocycles. The minimum atomic E-state index is 0.571. The fraction of sp³-hybridized carbons (Fsp3) is 0.538. The maximum atomic E-state index is 5.47. The van der Waals surface area contributed by atoms with Gasteiger partial charge in [-0.3, -0.25) is 0 Å². The molecule has 2 nitrogen and oxygen atoms in total.